The van der Waals surface area contributed by atoms with Crippen LogP contribution in [0.2, 0.25) is 0 Å². The van der Waals surface area contributed by atoms with Crippen LogP contribution in [0, 0.1) is 6.92 Å². The van der Waals surface area contributed by atoms with Crippen molar-refractivity contribution in [3.05, 3.63) is 64.7 Å². The van der Waals surface area contributed by atoms with Gasteiger partial charge in [0.25, 0.3) is 0 Å². The minimum absolute atomic E-state index is 1.14. The molecule has 0 saturated heterocycles. The summed E-state index contributed by atoms with van der Waals surface area (Å²) in [4.78, 5) is 0. The third-order valence-electron chi connectivity index (χ3n) is 3.97. The van der Waals surface area contributed by atoms with Crippen molar-refractivity contribution in [2.24, 2.45) is 0 Å². The Kier molecular flexibility index (Phi) is 3.25. The number of fused-ring (bicyclic) bond motifs is 1. The molecule has 0 aromatic heterocycles. The first-order chi connectivity index (χ1) is 9.29. The highest BCUT2D eigenvalue weighted by Gasteiger charge is 2.16. The number of hydrogen-bond acceptors (Lipinski definition) is 0. The minimum atomic E-state index is 1.14. The molecular formula is C19H20. The molecule has 0 unspecified atom stereocenters. The standard InChI is InChI=1S/C19H20/c1-3-7-15-12-16-9-6-11-18(19(16)13-15)17-10-5-4-8-14(17)2/h4-6,8-11,13H,3,7,12H2,1-2H3. The van der Waals surface area contributed by atoms with Gasteiger partial charge in [-0.25, -0.2) is 0 Å². The van der Waals surface area contributed by atoms with Crippen LogP contribution in [0.3, 0.4) is 0 Å². The van der Waals surface area contributed by atoms with Gasteiger partial charge < -0.3 is 0 Å². The normalized spacial score (nSPS) is 13.3. The van der Waals surface area contributed by atoms with E-state index in [0.29, 0.717) is 0 Å². The molecule has 0 bridgehead atoms. The van der Waals surface area contributed by atoms with Crippen LogP contribution in [0.25, 0.3) is 17.2 Å². The summed E-state index contributed by atoms with van der Waals surface area (Å²) in [7, 11) is 0. The van der Waals surface area contributed by atoms with E-state index in [1.807, 2.05) is 0 Å². The van der Waals surface area contributed by atoms with E-state index in [1.54, 1.807) is 5.57 Å². The summed E-state index contributed by atoms with van der Waals surface area (Å²) in [6.45, 7) is 4.45. The Labute approximate surface area is 115 Å². The molecule has 0 amide bonds. The first-order valence-electron chi connectivity index (χ1n) is 7.17. The van der Waals surface area contributed by atoms with Crippen molar-refractivity contribution >= 4 is 6.08 Å². The smallest absolute Gasteiger partial charge is 0.00576 e. The molecule has 96 valence electrons. The van der Waals surface area contributed by atoms with Gasteiger partial charge in [0, 0.05) is 0 Å². The molecule has 0 atom stereocenters. The van der Waals surface area contributed by atoms with Gasteiger partial charge in [0.05, 0.1) is 0 Å². The van der Waals surface area contributed by atoms with Crippen molar-refractivity contribution in [3.63, 3.8) is 0 Å². The molecule has 2 aromatic carbocycles. The van der Waals surface area contributed by atoms with Gasteiger partial charge in [-0.05, 0) is 47.6 Å². The molecule has 19 heavy (non-hydrogen) atoms. The van der Waals surface area contributed by atoms with Crippen molar-refractivity contribution in [2.45, 2.75) is 33.1 Å². The molecule has 0 radical (unpaired) electrons. The molecule has 0 spiro atoms. The molecule has 1 aliphatic carbocycles. The first-order valence-corrected chi connectivity index (χ1v) is 7.17. The van der Waals surface area contributed by atoms with Crippen molar-refractivity contribution in [1.29, 1.82) is 0 Å². The minimum Gasteiger partial charge on any atom is -0.0652 e. The number of hydrogen-bond donors (Lipinski definition) is 0. The van der Waals surface area contributed by atoms with Crippen molar-refractivity contribution < 1.29 is 0 Å². The number of aryl methyl sites for hydroxylation is 1. The number of allylic oxidation sites excluding steroid dienone is 1. The zero-order valence-corrected chi connectivity index (χ0v) is 11.7. The Bertz CT molecular complexity index is 632. The van der Waals surface area contributed by atoms with E-state index in [1.165, 1.54) is 40.7 Å². The third kappa shape index (κ3) is 2.23. The monoisotopic (exact) mass is 248 g/mol. The van der Waals surface area contributed by atoms with Crippen LogP contribution in [0.15, 0.2) is 48.0 Å². The van der Waals surface area contributed by atoms with E-state index >= 15 is 0 Å². The van der Waals surface area contributed by atoms with Gasteiger partial charge in [0.2, 0.25) is 0 Å². The fourth-order valence-electron chi connectivity index (χ4n) is 3.03. The molecule has 0 fully saturated rings. The van der Waals surface area contributed by atoms with E-state index in [0.717, 1.165) is 6.42 Å². The second-order valence-electron chi connectivity index (χ2n) is 5.42. The molecule has 0 N–H and O–H groups in total. The maximum absolute atomic E-state index is 2.42. The van der Waals surface area contributed by atoms with Crippen LogP contribution in [-0.4, -0.2) is 0 Å². The Morgan fingerprint density at radius 1 is 0.947 bits per heavy atom. The molecule has 2 aromatic rings. The zero-order chi connectivity index (χ0) is 13.2. The lowest BCUT2D eigenvalue weighted by molar-refractivity contribution is 0.886. The fraction of sp³-hybridized carbons (Fsp3) is 0.263. The molecule has 3 rings (SSSR count). The summed E-state index contributed by atoms with van der Waals surface area (Å²) < 4.78 is 0. The largest absolute Gasteiger partial charge is 0.0652 e. The van der Waals surface area contributed by atoms with E-state index in [2.05, 4.69) is 62.4 Å². The third-order valence-corrected chi connectivity index (χ3v) is 3.97. The summed E-state index contributed by atoms with van der Waals surface area (Å²) in [5.74, 6) is 0. The van der Waals surface area contributed by atoms with E-state index in [4.69, 9.17) is 0 Å². The molecular weight excluding hydrogens is 228 g/mol. The predicted octanol–water partition coefficient (Wildman–Crippen LogP) is 5.40. The van der Waals surface area contributed by atoms with Crippen molar-refractivity contribution in [2.75, 3.05) is 0 Å². The Morgan fingerprint density at radius 2 is 1.74 bits per heavy atom. The maximum atomic E-state index is 2.42. The average Bonchev–Trinajstić information content (AvgIpc) is 2.82. The van der Waals surface area contributed by atoms with E-state index < -0.39 is 0 Å². The van der Waals surface area contributed by atoms with Gasteiger partial charge in [-0.2, -0.15) is 0 Å². The van der Waals surface area contributed by atoms with Crippen molar-refractivity contribution in [1.82, 2.24) is 0 Å². The number of rotatable bonds is 3. The first kappa shape index (κ1) is 12.2. The highest BCUT2D eigenvalue weighted by Crippen LogP contribution is 2.36. The molecule has 0 nitrogen and oxygen atoms in total. The van der Waals surface area contributed by atoms with Crippen LogP contribution in [0.1, 0.15) is 36.5 Å². The average molecular weight is 248 g/mol. The van der Waals surface area contributed by atoms with Gasteiger partial charge in [-0.1, -0.05) is 67.5 Å². The van der Waals surface area contributed by atoms with Gasteiger partial charge in [-0.3, -0.25) is 0 Å². The molecule has 0 heteroatoms. The van der Waals surface area contributed by atoms with Gasteiger partial charge in [-0.15, -0.1) is 0 Å². The summed E-state index contributed by atoms with van der Waals surface area (Å²) in [6.07, 6.45) is 6.02. The molecule has 0 saturated carbocycles. The second-order valence-corrected chi connectivity index (χ2v) is 5.42. The van der Waals surface area contributed by atoms with Crippen molar-refractivity contribution in [3.8, 4) is 11.1 Å². The van der Waals surface area contributed by atoms with Crippen LogP contribution < -0.4 is 0 Å². The SMILES string of the molecule is CCCC1=Cc2c(cccc2-c2ccccc2C)C1. The summed E-state index contributed by atoms with van der Waals surface area (Å²) >= 11 is 0. The Hall–Kier alpha value is -1.82. The van der Waals surface area contributed by atoms with Gasteiger partial charge in [0.15, 0.2) is 0 Å². The predicted molar refractivity (Wildman–Crippen MR) is 83.2 cm³/mol. The van der Waals surface area contributed by atoms with Crippen LogP contribution in [0.5, 0.6) is 0 Å². The molecule has 0 aliphatic heterocycles. The van der Waals surface area contributed by atoms with Crippen LogP contribution >= 0.6 is 0 Å². The van der Waals surface area contributed by atoms with Gasteiger partial charge >= 0.3 is 0 Å². The number of benzene rings is 2. The zero-order valence-electron chi connectivity index (χ0n) is 11.7. The summed E-state index contributed by atoms with van der Waals surface area (Å²) in [5, 5.41) is 0. The lowest BCUT2D eigenvalue weighted by atomic mass is 9.94. The Balaban J connectivity index is 2.11. The van der Waals surface area contributed by atoms with Crippen LogP contribution in [-0.2, 0) is 6.42 Å². The summed E-state index contributed by atoms with van der Waals surface area (Å²) in [5.41, 5.74) is 8.63. The quantitative estimate of drug-likeness (QED) is 0.682. The van der Waals surface area contributed by atoms with Crippen LogP contribution in [0.4, 0.5) is 0 Å². The highest BCUT2D eigenvalue weighted by atomic mass is 14.2. The Morgan fingerprint density at radius 3 is 2.53 bits per heavy atom. The lowest BCUT2D eigenvalue weighted by Crippen LogP contribution is -1.89. The summed E-state index contributed by atoms with van der Waals surface area (Å²) in [6, 6.07) is 15.4. The topological polar surface area (TPSA) is 0 Å². The van der Waals surface area contributed by atoms with E-state index in [-0.39, 0.29) is 0 Å². The highest BCUT2D eigenvalue weighted by molar-refractivity contribution is 5.82. The lowest BCUT2D eigenvalue weighted by Gasteiger charge is -2.10. The fourth-order valence-corrected chi connectivity index (χ4v) is 3.03. The second kappa shape index (κ2) is 5.05. The van der Waals surface area contributed by atoms with Gasteiger partial charge in [0.1, 0.15) is 0 Å². The maximum Gasteiger partial charge on any atom is -0.00576 e. The molecule has 0 heterocycles. The molecule has 1 aliphatic rings. The van der Waals surface area contributed by atoms with E-state index in [9.17, 15) is 0 Å².